The zero-order valence-electron chi connectivity index (χ0n) is 8.32. The zero-order valence-corrected chi connectivity index (χ0v) is 9.91. The Morgan fingerprint density at radius 1 is 1.38 bits per heavy atom. The third-order valence-electron chi connectivity index (χ3n) is 2.15. The maximum atomic E-state index is 11.3. The molecule has 0 radical (unpaired) electrons. The second-order valence-electron chi connectivity index (χ2n) is 3.13. The fourth-order valence-electron chi connectivity index (χ4n) is 1.38. The lowest BCUT2D eigenvalue weighted by Gasteiger charge is -2.04. The quantitative estimate of drug-likeness (QED) is 0.627. The molecule has 0 atom stereocenters. The highest BCUT2D eigenvalue weighted by Crippen LogP contribution is 2.28. The summed E-state index contributed by atoms with van der Waals surface area (Å²) in [6.45, 7) is 0. The average Bonchev–Trinajstić information content (AvgIpc) is 2.29. The molecule has 0 saturated heterocycles. The Labute approximate surface area is 99.0 Å². The van der Waals surface area contributed by atoms with E-state index in [1.807, 2.05) is 0 Å². The molecule has 1 aromatic heterocycles. The minimum atomic E-state index is -0.645. The van der Waals surface area contributed by atoms with Crippen molar-refractivity contribution in [1.82, 2.24) is 0 Å². The molecule has 82 valence electrons. The monoisotopic (exact) mass is 282 g/mol. The molecule has 0 bridgehead atoms. The van der Waals surface area contributed by atoms with Gasteiger partial charge in [0.25, 0.3) is 0 Å². The minimum Gasteiger partial charge on any atom is -0.497 e. The molecule has 0 saturated carbocycles. The second-order valence-corrected chi connectivity index (χ2v) is 3.99. The van der Waals surface area contributed by atoms with Gasteiger partial charge >= 0.3 is 5.63 Å². The Bertz CT molecular complexity index is 615. The first-order valence-electron chi connectivity index (χ1n) is 4.42. The minimum absolute atomic E-state index is 0.00680. The Kier molecular flexibility index (Phi) is 2.78. The van der Waals surface area contributed by atoms with Gasteiger partial charge in [0.2, 0.25) is 0 Å². The van der Waals surface area contributed by atoms with Gasteiger partial charge in [-0.2, -0.15) is 0 Å². The number of hydrogen-bond donors (Lipinski definition) is 0. The molecule has 0 aliphatic carbocycles. The molecule has 0 fully saturated rings. The predicted octanol–water partition coefficient (Wildman–Crippen LogP) is 2.38. The lowest BCUT2D eigenvalue weighted by molar-refractivity contribution is 0.112. The van der Waals surface area contributed by atoms with Crippen molar-refractivity contribution in [2.45, 2.75) is 0 Å². The molecule has 0 aliphatic rings. The summed E-state index contributed by atoms with van der Waals surface area (Å²) in [5.41, 5.74) is -0.252. The predicted molar refractivity (Wildman–Crippen MR) is 62.1 cm³/mol. The van der Waals surface area contributed by atoms with Crippen LogP contribution < -0.4 is 10.4 Å². The number of ether oxygens (including phenoxy) is 1. The molecule has 5 heteroatoms. The molecule has 4 nitrogen and oxygen atoms in total. The summed E-state index contributed by atoms with van der Waals surface area (Å²) < 4.78 is 10.7. The van der Waals surface area contributed by atoms with Gasteiger partial charge < -0.3 is 9.15 Å². The van der Waals surface area contributed by atoms with Crippen LogP contribution >= 0.6 is 15.9 Å². The smallest absolute Gasteiger partial charge is 0.346 e. The van der Waals surface area contributed by atoms with Crippen LogP contribution in [0.2, 0.25) is 0 Å². The Morgan fingerprint density at radius 3 is 2.75 bits per heavy atom. The maximum Gasteiger partial charge on any atom is 0.346 e. The van der Waals surface area contributed by atoms with Crippen molar-refractivity contribution in [2.24, 2.45) is 0 Å². The Balaban J connectivity index is 2.85. The molecular formula is C11H7BrO4. The van der Waals surface area contributed by atoms with E-state index in [1.165, 1.54) is 13.2 Å². The Hall–Kier alpha value is -1.62. The Morgan fingerprint density at radius 2 is 2.12 bits per heavy atom. The van der Waals surface area contributed by atoms with Gasteiger partial charge in [0, 0.05) is 5.39 Å². The molecule has 0 spiro atoms. The van der Waals surface area contributed by atoms with Gasteiger partial charge in [-0.25, -0.2) is 4.79 Å². The summed E-state index contributed by atoms with van der Waals surface area (Å²) in [7, 11) is 1.54. The summed E-state index contributed by atoms with van der Waals surface area (Å²) in [5, 5.41) is 0.632. The van der Waals surface area contributed by atoms with Crippen LogP contribution in [-0.4, -0.2) is 13.4 Å². The number of methoxy groups -OCH3 is 1. The number of benzene rings is 1. The summed E-state index contributed by atoms with van der Waals surface area (Å²) >= 11 is 3.27. The van der Waals surface area contributed by atoms with Crippen LogP contribution in [0.3, 0.4) is 0 Å². The number of aldehydes is 1. The van der Waals surface area contributed by atoms with Crippen molar-refractivity contribution in [3.63, 3.8) is 0 Å². The van der Waals surface area contributed by atoms with Crippen molar-refractivity contribution in [1.29, 1.82) is 0 Å². The van der Waals surface area contributed by atoms with Gasteiger partial charge in [0.1, 0.15) is 11.3 Å². The molecule has 0 aliphatic heterocycles. The summed E-state index contributed by atoms with van der Waals surface area (Å²) in [6.07, 6.45) is 0.471. The molecule has 2 aromatic rings. The van der Waals surface area contributed by atoms with Crippen molar-refractivity contribution in [3.8, 4) is 5.75 Å². The number of fused-ring (bicyclic) bond motifs is 1. The number of halogens is 1. The molecule has 0 N–H and O–H groups in total. The van der Waals surface area contributed by atoms with Gasteiger partial charge in [-0.1, -0.05) is 0 Å². The van der Waals surface area contributed by atoms with E-state index >= 15 is 0 Å². The molecule has 1 heterocycles. The van der Waals surface area contributed by atoms with Crippen LogP contribution in [-0.2, 0) is 0 Å². The summed E-state index contributed by atoms with van der Waals surface area (Å²) in [4.78, 5) is 21.9. The zero-order chi connectivity index (χ0) is 11.7. The van der Waals surface area contributed by atoms with Crippen molar-refractivity contribution < 1.29 is 13.9 Å². The topological polar surface area (TPSA) is 56.5 Å². The van der Waals surface area contributed by atoms with Crippen molar-refractivity contribution in [2.75, 3.05) is 7.11 Å². The molecule has 16 heavy (non-hydrogen) atoms. The molecule has 0 unspecified atom stereocenters. The first kappa shape index (κ1) is 10.9. The highest BCUT2D eigenvalue weighted by molar-refractivity contribution is 9.10. The van der Waals surface area contributed by atoms with E-state index in [0.29, 0.717) is 27.5 Å². The van der Waals surface area contributed by atoms with Gasteiger partial charge in [-0.05, 0) is 34.1 Å². The van der Waals surface area contributed by atoms with Crippen LogP contribution in [0.4, 0.5) is 0 Å². The first-order valence-corrected chi connectivity index (χ1v) is 5.21. The van der Waals surface area contributed by atoms with E-state index in [-0.39, 0.29) is 5.56 Å². The highest BCUT2D eigenvalue weighted by Gasteiger charge is 2.09. The van der Waals surface area contributed by atoms with Crippen LogP contribution in [0, 0.1) is 0 Å². The first-order chi connectivity index (χ1) is 7.65. The van der Waals surface area contributed by atoms with Gasteiger partial charge in [0.15, 0.2) is 11.9 Å². The van der Waals surface area contributed by atoms with Gasteiger partial charge in [0.05, 0.1) is 11.6 Å². The number of carbonyl (C=O) groups is 1. The number of rotatable bonds is 2. The van der Waals surface area contributed by atoms with E-state index in [1.54, 1.807) is 12.1 Å². The van der Waals surface area contributed by atoms with E-state index in [0.717, 1.165) is 0 Å². The summed E-state index contributed by atoms with van der Waals surface area (Å²) in [6, 6.07) is 4.85. The van der Waals surface area contributed by atoms with E-state index in [4.69, 9.17) is 9.15 Å². The third kappa shape index (κ3) is 1.74. The highest BCUT2D eigenvalue weighted by atomic mass is 79.9. The largest absolute Gasteiger partial charge is 0.497 e. The van der Waals surface area contributed by atoms with Crippen LogP contribution in [0.1, 0.15) is 10.4 Å². The van der Waals surface area contributed by atoms with Crippen molar-refractivity contribution in [3.05, 3.63) is 38.7 Å². The fourth-order valence-corrected chi connectivity index (χ4v) is 1.92. The molecule has 0 amide bonds. The number of hydrogen-bond acceptors (Lipinski definition) is 4. The molecule has 1 aromatic carbocycles. The van der Waals surface area contributed by atoms with Gasteiger partial charge in [-0.3, -0.25) is 4.79 Å². The van der Waals surface area contributed by atoms with Crippen LogP contribution in [0.5, 0.6) is 5.75 Å². The summed E-state index contributed by atoms with van der Waals surface area (Å²) in [5.74, 6) is 0.616. The molecular weight excluding hydrogens is 276 g/mol. The SMILES string of the molecule is COc1cc(Br)c2oc(=O)c(C=O)cc2c1. The standard InChI is InChI=1S/C11H7BrO4/c1-15-8-3-6-2-7(5-13)11(14)16-10(6)9(12)4-8/h2-5H,1H3. The third-order valence-corrected chi connectivity index (χ3v) is 2.74. The van der Waals surface area contributed by atoms with E-state index < -0.39 is 5.63 Å². The second kappa shape index (κ2) is 4.09. The molecule has 2 rings (SSSR count). The average molecular weight is 283 g/mol. The normalized spacial score (nSPS) is 10.4. The maximum absolute atomic E-state index is 11.3. The van der Waals surface area contributed by atoms with Crippen LogP contribution in [0.15, 0.2) is 31.9 Å². The van der Waals surface area contributed by atoms with Crippen LogP contribution in [0.25, 0.3) is 11.0 Å². The van der Waals surface area contributed by atoms with E-state index in [9.17, 15) is 9.59 Å². The van der Waals surface area contributed by atoms with Gasteiger partial charge in [-0.15, -0.1) is 0 Å². The van der Waals surface area contributed by atoms with E-state index in [2.05, 4.69) is 15.9 Å². The van der Waals surface area contributed by atoms with Crippen molar-refractivity contribution >= 4 is 33.2 Å². The number of carbonyl (C=O) groups excluding carboxylic acids is 1. The fraction of sp³-hybridized carbons (Fsp3) is 0.0909. The lowest BCUT2D eigenvalue weighted by atomic mass is 10.2. The lowest BCUT2D eigenvalue weighted by Crippen LogP contribution is -2.05.